The maximum atomic E-state index is 12.7. The second-order valence-electron chi connectivity index (χ2n) is 6.55. The highest BCUT2D eigenvalue weighted by Crippen LogP contribution is 2.34. The zero-order valence-corrected chi connectivity index (χ0v) is 16.1. The third-order valence-electron chi connectivity index (χ3n) is 4.71. The summed E-state index contributed by atoms with van der Waals surface area (Å²) in [6.45, 7) is 0. The van der Waals surface area contributed by atoms with Crippen LogP contribution in [0.5, 0.6) is 0 Å². The van der Waals surface area contributed by atoms with Gasteiger partial charge < -0.3 is 0 Å². The summed E-state index contributed by atoms with van der Waals surface area (Å²) in [6, 6.07) is 18.9. The molecule has 0 aliphatic heterocycles. The molecule has 0 radical (unpaired) electrons. The Morgan fingerprint density at radius 1 is 0.793 bits per heavy atom. The number of rotatable bonds is 4. The van der Waals surface area contributed by atoms with E-state index in [1.165, 1.54) is 11.8 Å². The minimum absolute atomic E-state index is 0.113. The number of Topliss-reactive ketones (excluding diaryl/α,β-unsaturated/α-hetero) is 1. The molecule has 0 bridgehead atoms. The number of pyridine rings is 2. The van der Waals surface area contributed by atoms with E-state index in [4.69, 9.17) is 4.98 Å². The van der Waals surface area contributed by atoms with Crippen molar-refractivity contribution in [2.45, 2.75) is 16.8 Å². The van der Waals surface area contributed by atoms with E-state index in [1.807, 2.05) is 60.7 Å². The quantitative estimate of drug-likeness (QED) is 0.517. The number of aromatic nitrogens is 5. The third kappa shape index (κ3) is 3.40. The second kappa shape index (κ2) is 7.52. The molecule has 5 rings (SSSR count). The number of benzene rings is 1. The molecule has 3 heterocycles. The first-order valence-electron chi connectivity index (χ1n) is 9.16. The van der Waals surface area contributed by atoms with Gasteiger partial charge in [-0.1, -0.05) is 48.2 Å². The van der Waals surface area contributed by atoms with Crippen molar-refractivity contribution >= 4 is 17.5 Å². The SMILES string of the molecule is O=C1c2ccccc2CC1Sc1nnc(-c2ccccn2)c(-c2ccccn2)n1. The van der Waals surface area contributed by atoms with Crippen molar-refractivity contribution in [1.82, 2.24) is 25.1 Å². The lowest BCUT2D eigenvalue weighted by Crippen LogP contribution is -2.12. The van der Waals surface area contributed by atoms with E-state index >= 15 is 0 Å². The fourth-order valence-electron chi connectivity index (χ4n) is 3.34. The van der Waals surface area contributed by atoms with Crippen molar-refractivity contribution in [2.24, 2.45) is 0 Å². The van der Waals surface area contributed by atoms with E-state index in [-0.39, 0.29) is 11.0 Å². The molecule has 0 N–H and O–H groups in total. The lowest BCUT2D eigenvalue weighted by Gasteiger charge is -2.10. The van der Waals surface area contributed by atoms with Crippen molar-refractivity contribution in [3.05, 3.63) is 84.2 Å². The van der Waals surface area contributed by atoms with Gasteiger partial charge in [-0.3, -0.25) is 14.8 Å². The number of ketones is 1. The molecule has 0 spiro atoms. The highest BCUT2D eigenvalue weighted by molar-refractivity contribution is 8.00. The average Bonchev–Trinajstić information content (AvgIpc) is 3.10. The molecule has 6 nitrogen and oxygen atoms in total. The summed E-state index contributed by atoms with van der Waals surface area (Å²) in [5, 5.41) is 8.89. The van der Waals surface area contributed by atoms with Crippen molar-refractivity contribution in [2.75, 3.05) is 0 Å². The summed E-state index contributed by atoms with van der Waals surface area (Å²) < 4.78 is 0. The molecule has 0 fully saturated rings. The van der Waals surface area contributed by atoms with Crippen LogP contribution < -0.4 is 0 Å². The lowest BCUT2D eigenvalue weighted by atomic mass is 10.1. The fraction of sp³-hybridized carbons (Fsp3) is 0.0909. The van der Waals surface area contributed by atoms with Crippen molar-refractivity contribution < 1.29 is 4.79 Å². The Morgan fingerprint density at radius 3 is 2.17 bits per heavy atom. The van der Waals surface area contributed by atoms with Crippen LogP contribution in [0.15, 0.2) is 78.2 Å². The largest absolute Gasteiger partial charge is 0.293 e. The molecule has 1 atom stereocenters. The second-order valence-corrected chi connectivity index (χ2v) is 7.72. The molecule has 0 saturated heterocycles. The summed E-state index contributed by atoms with van der Waals surface area (Å²) in [4.78, 5) is 26.2. The molecule has 3 aromatic heterocycles. The Kier molecular flexibility index (Phi) is 4.57. The van der Waals surface area contributed by atoms with Crippen LogP contribution >= 0.6 is 11.8 Å². The van der Waals surface area contributed by atoms with E-state index in [0.717, 1.165) is 11.1 Å². The van der Waals surface area contributed by atoms with E-state index in [0.29, 0.717) is 34.4 Å². The van der Waals surface area contributed by atoms with Gasteiger partial charge in [0.05, 0.1) is 16.6 Å². The predicted octanol–water partition coefficient (Wildman–Crippen LogP) is 3.90. The Hall–Kier alpha value is -3.45. The Balaban J connectivity index is 1.52. The first-order valence-corrected chi connectivity index (χ1v) is 10.0. The number of hydrogen-bond acceptors (Lipinski definition) is 7. The van der Waals surface area contributed by atoms with Gasteiger partial charge in [-0.05, 0) is 36.2 Å². The summed E-state index contributed by atoms with van der Waals surface area (Å²) >= 11 is 1.35. The van der Waals surface area contributed by atoms with Crippen molar-refractivity contribution in [3.63, 3.8) is 0 Å². The van der Waals surface area contributed by atoms with Crippen LogP contribution in [0.2, 0.25) is 0 Å². The molecule has 1 aliphatic carbocycles. The number of carbonyl (C=O) groups is 1. The summed E-state index contributed by atoms with van der Waals surface area (Å²) in [6.07, 6.45) is 4.09. The Labute approximate surface area is 171 Å². The van der Waals surface area contributed by atoms with Gasteiger partial charge in [0.15, 0.2) is 5.78 Å². The number of thioether (sulfide) groups is 1. The molecule has 7 heteroatoms. The molecule has 0 saturated carbocycles. The first-order chi connectivity index (χ1) is 14.3. The summed E-state index contributed by atoms with van der Waals surface area (Å²) in [7, 11) is 0. The van der Waals surface area contributed by atoms with Crippen LogP contribution in [0.1, 0.15) is 15.9 Å². The smallest absolute Gasteiger partial charge is 0.210 e. The molecule has 1 aromatic carbocycles. The summed E-state index contributed by atoms with van der Waals surface area (Å²) in [5.74, 6) is 0.113. The maximum absolute atomic E-state index is 12.7. The van der Waals surface area contributed by atoms with Gasteiger partial charge in [-0.15, -0.1) is 10.2 Å². The predicted molar refractivity (Wildman–Crippen MR) is 110 cm³/mol. The molecule has 29 heavy (non-hydrogen) atoms. The monoisotopic (exact) mass is 397 g/mol. The molecular weight excluding hydrogens is 382 g/mol. The molecule has 1 aliphatic rings. The zero-order chi connectivity index (χ0) is 19.6. The number of hydrogen-bond donors (Lipinski definition) is 0. The highest BCUT2D eigenvalue weighted by atomic mass is 32.2. The minimum Gasteiger partial charge on any atom is -0.293 e. The molecule has 4 aromatic rings. The lowest BCUT2D eigenvalue weighted by molar-refractivity contribution is 0.1000. The Morgan fingerprint density at radius 2 is 1.48 bits per heavy atom. The standard InChI is InChI=1S/C22H15N5OS/c28-21-15-8-2-1-7-14(15)13-18(21)29-22-25-19(16-9-3-5-11-23-16)20(26-27-22)17-10-4-6-12-24-17/h1-12,18H,13H2. The van der Waals surface area contributed by atoms with E-state index < -0.39 is 0 Å². The van der Waals surface area contributed by atoms with Gasteiger partial charge in [-0.25, -0.2) is 4.98 Å². The molecule has 140 valence electrons. The van der Waals surface area contributed by atoms with Gasteiger partial charge in [0.25, 0.3) is 0 Å². The van der Waals surface area contributed by atoms with Crippen LogP contribution in [0, 0.1) is 0 Å². The third-order valence-corrected chi connectivity index (χ3v) is 5.76. The molecule has 0 amide bonds. The zero-order valence-electron chi connectivity index (χ0n) is 15.3. The molecule has 1 unspecified atom stereocenters. The number of fused-ring (bicyclic) bond motifs is 1. The first kappa shape index (κ1) is 17.6. The van der Waals surface area contributed by atoms with Gasteiger partial charge >= 0.3 is 0 Å². The van der Waals surface area contributed by atoms with Crippen molar-refractivity contribution in [3.8, 4) is 22.8 Å². The van der Waals surface area contributed by atoms with Crippen LogP contribution in [0.25, 0.3) is 22.8 Å². The van der Waals surface area contributed by atoms with Crippen LogP contribution in [0.3, 0.4) is 0 Å². The topological polar surface area (TPSA) is 81.5 Å². The van der Waals surface area contributed by atoms with Gasteiger partial charge in [0.1, 0.15) is 11.4 Å². The van der Waals surface area contributed by atoms with Crippen molar-refractivity contribution in [1.29, 1.82) is 0 Å². The van der Waals surface area contributed by atoms with Gasteiger partial charge in [0, 0.05) is 18.0 Å². The van der Waals surface area contributed by atoms with Gasteiger partial charge in [0.2, 0.25) is 5.16 Å². The van der Waals surface area contributed by atoms with E-state index in [1.54, 1.807) is 12.4 Å². The van der Waals surface area contributed by atoms with Gasteiger partial charge in [-0.2, -0.15) is 0 Å². The highest BCUT2D eigenvalue weighted by Gasteiger charge is 2.32. The fourth-order valence-corrected chi connectivity index (χ4v) is 4.33. The summed E-state index contributed by atoms with van der Waals surface area (Å²) in [5.41, 5.74) is 4.38. The van der Waals surface area contributed by atoms with Crippen LogP contribution in [0.4, 0.5) is 0 Å². The number of nitrogens with zero attached hydrogens (tertiary/aromatic N) is 5. The molecular formula is C22H15N5OS. The van der Waals surface area contributed by atoms with Crippen LogP contribution in [-0.4, -0.2) is 36.2 Å². The number of carbonyl (C=O) groups excluding carboxylic acids is 1. The minimum atomic E-state index is -0.244. The Bertz CT molecular complexity index is 1180. The van der Waals surface area contributed by atoms with Crippen LogP contribution in [-0.2, 0) is 6.42 Å². The average molecular weight is 397 g/mol. The van der Waals surface area contributed by atoms with E-state index in [2.05, 4.69) is 20.2 Å². The normalized spacial score (nSPS) is 15.3. The maximum Gasteiger partial charge on any atom is 0.210 e. The van der Waals surface area contributed by atoms with E-state index in [9.17, 15) is 4.79 Å².